The van der Waals surface area contributed by atoms with Crippen molar-refractivity contribution >= 4 is 23.6 Å². The third kappa shape index (κ3) is 7.08. The van der Waals surface area contributed by atoms with Crippen molar-refractivity contribution in [2.45, 2.75) is 72.4 Å². The number of hydrogen-bond donors (Lipinski definition) is 0. The van der Waals surface area contributed by atoms with Gasteiger partial charge in [0.15, 0.2) is 6.29 Å². The Kier molecular flexibility index (Phi) is 9.78. The van der Waals surface area contributed by atoms with Crippen molar-refractivity contribution < 1.29 is 4.79 Å². The lowest BCUT2D eigenvalue weighted by molar-refractivity contribution is -0.102. The fraction of sp³-hybridized carbons (Fsp3) is 0.600. The molecule has 1 fully saturated rings. The van der Waals surface area contributed by atoms with Gasteiger partial charge in [-0.2, -0.15) is 0 Å². The number of rotatable bonds is 5. The minimum atomic E-state index is -0.313. The normalized spacial score (nSPS) is 22.7. The van der Waals surface area contributed by atoms with E-state index in [9.17, 15) is 4.79 Å². The van der Waals surface area contributed by atoms with Gasteiger partial charge in [-0.25, -0.2) is 0 Å². The molecule has 0 aromatic heterocycles. The van der Waals surface area contributed by atoms with Crippen LogP contribution in [0.2, 0.25) is 5.02 Å². The Hall–Kier alpha value is -1.45. The summed E-state index contributed by atoms with van der Waals surface area (Å²) in [6.07, 6.45) is 7.72. The number of benzene rings is 1. The molecule has 2 rings (SSSR count). The summed E-state index contributed by atoms with van der Waals surface area (Å²) in [6, 6.07) is 5.82. The quantitative estimate of drug-likeness (QED) is 0.307. The summed E-state index contributed by atoms with van der Waals surface area (Å²) >= 11 is 6.26. The SMILES string of the molecule is C=CC.CCc1cc(Cl)cc(/C(C=O)=N/C2(N(C)C)CCC(C(C)(C)C)CC2)c1. The maximum atomic E-state index is 11.9. The molecule has 0 heterocycles. The van der Waals surface area contributed by atoms with Gasteiger partial charge in [0.1, 0.15) is 11.4 Å². The van der Waals surface area contributed by atoms with E-state index >= 15 is 0 Å². The van der Waals surface area contributed by atoms with Crippen LogP contribution < -0.4 is 0 Å². The molecule has 1 aromatic carbocycles. The fourth-order valence-electron chi connectivity index (χ4n) is 3.99. The van der Waals surface area contributed by atoms with Crippen LogP contribution in [0.3, 0.4) is 0 Å². The number of hydrogen-bond acceptors (Lipinski definition) is 3. The van der Waals surface area contributed by atoms with E-state index in [1.807, 2.05) is 25.1 Å². The fourth-order valence-corrected chi connectivity index (χ4v) is 4.25. The lowest BCUT2D eigenvalue weighted by atomic mass is 9.69. The molecule has 1 saturated carbocycles. The molecule has 0 aliphatic heterocycles. The lowest BCUT2D eigenvalue weighted by Gasteiger charge is -2.45. The van der Waals surface area contributed by atoms with Crippen molar-refractivity contribution in [2.75, 3.05) is 14.1 Å². The molecule has 1 aromatic rings. The minimum absolute atomic E-state index is 0.313. The van der Waals surface area contributed by atoms with E-state index in [2.05, 4.69) is 53.3 Å². The van der Waals surface area contributed by atoms with E-state index in [-0.39, 0.29) is 5.66 Å². The zero-order valence-corrected chi connectivity index (χ0v) is 20.1. The molecule has 0 bridgehead atoms. The minimum Gasteiger partial charge on any atom is -0.296 e. The molecule has 3 nitrogen and oxygen atoms in total. The molecule has 4 heteroatoms. The third-order valence-electron chi connectivity index (χ3n) is 5.95. The van der Waals surface area contributed by atoms with Crippen LogP contribution in [0.4, 0.5) is 0 Å². The first-order valence-corrected chi connectivity index (χ1v) is 11.0. The monoisotopic (exact) mass is 418 g/mol. The first-order chi connectivity index (χ1) is 13.5. The van der Waals surface area contributed by atoms with Crippen LogP contribution in [0, 0.1) is 11.3 Å². The zero-order valence-electron chi connectivity index (χ0n) is 19.4. The number of nitrogens with zero attached hydrogens (tertiary/aromatic N) is 2. The van der Waals surface area contributed by atoms with Crippen molar-refractivity contribution in [1.29, 1.82) is 0 Å². The molecule has 1 aliphatic carbocycles. The van der Waals surface area contributed by atoms with Crippen molar-refractivity contribution in [1.82, 2.24) is 4.90 Å². The summed E-state index contributed by atoms with van der Waals surface area (Å²) in [5, 5.41) is 0.657. The Labute approximate surface area is 183 Å². The van der Waals surface area contributed by atoms with E-state index in [1.165, 1.54) is 0 Å². The summed E-state index contributed by atoms with van der Waals surface area (Å²) in [4.78, 5) is 19.1. The molecular weight excluding hydrogens is 380 g/mol. The number of carbonyl (C=O) groups excluding carboxylic acids is 1. The lowest BCUT2D eigenvalue weighted by Crippen LogP contribution is -2.47. The molecule has 0 N–H and O–H groups in total. The van der Waals surface area contributed by atoms with Gasteiger partial charge < -0.3 is 0 Å². The van der Waals surface area contributed by atoms with E-state index in [0.29, 0.717) is 22.1 Å². The van der Waals surface area contributed by atoms with Crippen molar-refractivity contribution in [3.8, 4) is 0 Å². The van der Waals surface area contributed by atoms with Gasteiger partial charge in [0.2, 0.25) is 0 Å². The van der Waals surface area contributed by atoms with Gasteiger partial charge in [0, 0.05) is 10.6 Å². The maximum absolute atomic E-state index is 11.9. The Morgan fingerprint density at radius 1 is 1.28 bits per heavy atom. The van der Waals surface area contributed by atoms with E-state index in [4.69, 9.17) is 16.6 Å². The number of allylic oxidation sites excluding steroid dienone is 1. The molecule has 1 aliphatic rings. The van der Waals surface area contributed by atoms with Gasteiger partial charge in [-0.05, 0) is 88.2 Å². The summed E-state index contributed by atoms with van der Waals surface area (Å²) in [5.74, 6) is 0.698. The molecule has 0 unspecified atom stereocenters. The molecule has 0 spiro atoms. The van der Waals surface area contributed by atoms with Gasteiger partial charge in [0.05, 0.1) is 0 Å². The van der Waals surface area contributed by atoms with Gasteiger partial charge >= 0.3 is 0 Å². The average Bonchev–Trinajstić information content (AvgIpc) is 2.65. The summed E-state index contributed by atoms with van der Waals surface area (Å²) < 4.78 is 0. The van der Waals surface area contributed by atoms with Gasteiger partial charge in [-0.15, -0.1) is 6.58 Å². The Morgan fingerprint density at radius 2 is 1.83 bits per heavy atom. The first-order valence-electron chi connectivity index (χ1n) is 10.6. The van der Waals surface area contributed by atoms with Crippen LogP contribution in [-0.4, -0.2) is 36.7 Å². The summed E-state index contributed by atoms with van der Waals surface area (Å²) in [7, 11) is 4.14. The Bertz CT molecular complexity index is 708. The molecule has 0 amide bonds. The van der Waals surface area contributed by atoms with Crippen LogP contribution >= 0.6 is 11.6 Å². The number of aryl methyl sites for hydroxylation is 1. The average molecular weight is 419 g/mol. The van der Waals surface area contributed by atoms with Crippen molar-refractivity contribution in [2.24, 2.45) is 16.3 Å². The molecule has 29 heavy (non-hydrogen) atoms. The van der Waals surface area contributed by atoms with Gasteiger partial charge in [0.25, 0.3) is 0 Å². The van der Waals surface area contributed by atoms with Crippen LogP contribution in [-0.2, 0) is 11.2 Å². The predicted octanol–water partition coefficient (Wildman–Crippen LogP) is 6.58. The second-order valence-electron chi connectivity index (χ2n) is 9.24. The highest BCUT2D eigenvalue weighted by Crippen LogP contribution is 2.43. The number of aldehydes is 1. The van der Waals surface area contributed by atoms with E-state index in [1.54, 1.807) is 6.08 Å². The highest BCUT2D eigenvalue weighted by Gasteiger charge is 2.40. The highest BCUT2D eigenvalue weighted by molar-refractivity contribution is 6.37. The molecule has 0 saturated heterocycles. The van der Waals surface area contributed by atoms with E-state index < -0.39 is 0 Å². The number of carbonyl (C=O) groups is 1. The van der Waals surface area contributed by atoms with Crippen LogP contribution in [0.15, 0.2) is 35.8 Å². The molecule has 162 valence electrons. The second-order valence-corrected chi connectivity index (χ2v) is 9.68. The Morgan fingerprint density at radius 3 is 2.24 bits per heavy atom. The van der Waals surface area contributed by atoms with Crippen LogP contribution in [0.1, 0.15) is 71.4 Å². The number of halogens is 1. The standard InChI is InChI=1S/C22H33ClN2O.C3H6/c1-7-16-12-17(14-19(23)13-16)20(15-26)24-22(25(5)6)10-8-18(9-11-22)21(2,3)4;1-3-2/h12-15,18H,7-11H2,1-6H3;3H,1H2,2H3/b24-20+;. The van der Waals surface area contributed by atoms with Crippen molar-refractivity contribution in [3.05, 3.63) is 47.0 Å². The molecule has 0 radical (unpaired) electrons. The predicted molar refractivity (Wildman–Crippen MR) is 127 cm³/mol. The summed E-state index contributed by atoms with van der Waals surface area (Å²) in [5.41, 5.74) is 2.46. The maximum Gasteiger partial charge on any atom is 0.168 e. The largest absolute Gasteiger partial charge is 0.296 e. The molecule has 0 atom stereocenters. The van der Waals surface area contributed by atoms with Crippen molar-refractivity contribution in [3.63, 3.8) is 0 Å². The topological polar surface area (TPSA) is 32.7 Å². The second kappa shape index (κ2) is 11.1. The third-order valence-corrected chi connectivity index (χ3v) is 6.16. The molecular formula is C25H39ClN2O. The van der Waals surface area contributed by atoms with Crippen LogP contribution in [0.5, 0.6) is 0 Å². The zero-order chi connectivity index (χ0) is 22.2. The van der Waals surface area contributed by atoms with Gasteiger partial charge in [-0.1, -0.05) is 45.4 Å². The smallest absolute Gasteiger partial charge is 0.168 e. The van der Waals surface area contributed by atoms with E-state index in [0.717, 1.165) is 49.5 Å². The first kappa shape index (κ1) is 25.6. The summed E-state index contributed by atoms with van der Waals surface area (Å²) in [6.45, 7) is 14.3. The van der Waals surface area contributed by atoms with Gasteiger partial charge in [-0.3, -0.25) is 14.7 Å². The van der Waals surface area contributed by atoms with Crippen LogP contribution in [0.25, 0.3) is 0 Å². The Balaban J connectivity index is 0.00000132. The highest BCUT2D eigenvalue weighted by atomic mass is 35.5. The number of aliphatic imine (C=N–C) groups is 1.